The molecule has 4 heteroatoms. The normalized spacial score (nSPS) is 12.0. The molecule has 0 amide bonds. The molecule has 4 nitrogen and oxygen atoms in total. The third-order valence-electron chi connectivity index (χ3n) is 6.80. The van der Waals surface area contributed by atoms with Gasteiger partial charge in [0.15, 0.2) is 0 Å². The summed E-state index contributed by atoms with van der Waals surface area (Å²) < 4.78 is 10.6. The molecule has 0 saturated heterocycles. The van der Waals surface area contributed by atoms with Crippen LogP contribution in [0.15, 0.2) is 0 Å². The lowest BCUT2D eigenvalue weighted by atomic mass is 9.95. The first kappa shape index (κ1) is 32.9. The fraction of sp³-hybridized carbons (Fsp3) is 0.933. The van der Waals surface area contributed by atoms with Crippen LogP contribution in [0.25, 0.3) is 0 Å². The minimum Gasteiger partial charge on any atom is -0.466 e. The molecule has 0 spiro atoms. The van der Waals surface area contributed by atoms with Gasteiger partial charge in [0.2, 0.25) is 0 Å². The molecule has 202 valence electrons. The second-order valence-electron chi connectivity index (χ2n) is 10.1. The predicted molar refractivity (Wildman–Crippen MR) is 144 cm³/mol. The summed E-state index contributed by atoms with van der Waals surface area (Å²) >= 11 is 0. The highest BCUT2D eigenvalue weighted by Gasteiger charge is 2.13. The Morgan fingerprint density at radius 2 is 0.971 bits per heavy atom. The maximum absolute atomic E-state index is 11.9. The molecule has 0 N–H and O–H groups in total. The van der Waals surface area contributed by atoms with Gasteiger partial charge in [0, 0.05) is 12.8 Å². The predicted octanol–water partition coefficient (Wildman–Crippen LogP) is 9.33. The van der Waals surface area contributed by atoms with Crippen LogP contribution in [0.2, 0.25) is 0 Å². The van der Waals surface area contributed by atoms with Crippen molar-refractivity contribution in [3.8, 4) is 0 Å². The number of esters is 2. The number of rotatable bonds is 26. The molecule has 0 aromatic heterocycles. The van der Waals surface area contributed by atoms with Crippen molar-refractivity contribution in [3.05, 3.63) is 0 Å². The average Bonchev–Trinajstić information content (AvgIpc) is 2.84. The third-order valence-corrected chi connectivity index (χ3v) is 6.80. The molecule has 34 heavy (non-hydrogen) atoms. The molecular formula is C30H58O4. The average molecular weight is 483 g/mol. The molecule has 0 aliphatic carbocycles. The number of ether oxygens (including phenoxy) is 2. The van der Waals surface area contributed by atoms with E-state index in [4.69, 9.17) is 9.47 Å². The fourth-order valence-corrected chi connectivity index (χ4v) is 4.36. The Morgan fingerprint density at radius 3 is 1.44 bits per heavy atom. The highest BCUT2D eigenvalue weighted by molar-refractivity contribution is 5.69. The Bertz CT molecular complexity index is 449. The van der Waals surface area contributed by atoms with Crippen molar-refractivity contribution in [2.45, 2.75) is 162 Å². The Balaban J connectivity index is 3.37. The summed E-state index contributed by atoms with van der Waals surface area (Å²) in [6.45, 7) is 7.71. The Labute approximate surface area is 212 Å². The highest BCUT2D eigenvalue weighted by Crippen LogP contribution is 2.19. The van der Waals surface area contributed by atoms with Gasteiger partial charge in [-0.05, 0) is 31.6 Å². The number of carbonyl (C=O) groups excluding carboxylic acids is 2. The quantitative estimate of drug-likeness (QED) is 0.0910. The molecule has 0 radical (unpaired) electrons. The van der Waals surface area contributed by atoms with Gasteiger partial charge in [0.25, 0.3) is 0 Å². The SMILES string of the molecule is CCCCCOC(=O)CCCCCCCCCCCCCCC(CC)CC(=O)OCCCCC. The molecule has 0 aromatic carbocycles. The van der Waals surface area contributed by atoms with E-state index in [9.17, 15) is 9.59 Å². The Hall–Kier alpha value is -1.06. The van der Waals surface area contributed by atoms with E-state index >= 15 is 0 Å². The van der Waals surface area contributed by atoms with Gasteiger partial charge in [-0.25, -0.2) is 0 Å². The van der Waals surface area contributed by atoms with E-state index < -0.39 is 0 Å². The van der Waals surface area contributed by atoms with Crippen LogP contribution in [0.4, 0.5) is 0 Å². The van der Waals surface area contributed by atoms with Crippen molar-refractivity contribution < 1.29 is 19.1 Å². The van der Waals surface area contributed by atoms with E-state index in [1.807, 2.05) is 0 Å². The summed E-state index contributed by atoms with van der Waals surface area (Å²) in [5.41, 5.74) is 0. The first-order valence-electron chi connectivity index (χ1n) is 14.9. The van der Waals surface area contributed by atoms with E-state index in [-0.39, 0.29) is 11.9 Å². The van der Waals surface area contributed by atoms with Crippen LogP contribution in [-0.2, 0) is 19.1 Å². The fourth-order valence-electron chi connectivity index (χ4n) is 4.36. The van der Waals surface area contributed by atoms with Crippen molar-refractivity contribution >= 4 is 11.9 Å². The van der Waals surface area contributed by atoms with Gasteiger partial charge >= 0.3 is 11.9 Å². The van der Waals surface area contributed by atoms with Crippen LogP contribution < -0.4 is 0 Å². The first-order valence-corrected chi connectivity index (χ1v) is 14.9. The monoisotopic (exact) mass is 482 g/mol. The zero-order chi connectivity index (χ0) is 25.1. The van der Waals surface area contributed by atoms with E-state index in [0.717, 1.165) is 64.2 Å². The second-order valence-corrected chi connectivity index (χ2v) is 10.1. The van der Waals surface area contributed by atoms with Gasteiger partial charge in [-0.2, -0.15) is 0 Å². The maximum Gasteiger partial charge on any atom is 0.306 e. The minimum absolute atomic E-state index is 0.00302. The van der Waals surface area contributed by atoms with Crippen molar-refractivity contribution in [3.63, 3.8) is 0 Å². The zero-order valence-electron chi connectivity index (χ0n) is 23.2. The van der Waals surface area contributed by atoms with Crippen LogP contribution >= 0.6 is 0 Å². The molecule has 0 saturated carbocycles. The summed E-state index contributed by atoms with van der Waals surface area (Å²) in [6.07, 6.45) is 25.3. The van der Waals surface area contributed by atoms with Gasteiger partial charge in [-0.15, -0.1) is 0 Å². The molecule has 1 unspecified atom stereocenters. The topological polar surface area (TPSA) is 52.6 Å². The number of unbranched alkanes of at least 4 members (excludes halogenated alkanes) is 15. The third kappa shape index (κ3) is 24.1. The van der Waals surface area contributed by atoms with Gasteiger partial charge in [-0.1, -0.05) is 124 Å². The van der Waals surface area contributed by atoms with E-state index in [0.29, 0.717) is 32.0 Å². The molecular weight excluding hydrogens is 424 g/mol. The van der Waals surface area contributed by atoms with E-state index in [1.54, 1.807) is 0 Å². The molecule has 0 heterocycles. The molecule has 1 atom stereocenters. The number of hydrogen-bond acceptors (Lipinski definition) is 4. The van der Waals surface area contributed by atoms with Crippen LogP contribution in [0.1, 0.15) is 162 Å². The van der Waals surface area contributed by atoms with Crippen molar-refractivity contribution in [1.82, 2.24) is 0 Å². The zero-order valence-corrected chi connectivity index (χ0v) is 23.2. The lowest BCUT2D eigenvalue weighted by molar-refractivity contribution is -0.145. The minimum atomic E-state index is -0.0124. The van der Waals surface area contributed by atoms with Gasteiger partial charge in [0.05, 0.1) is 13.2 Å². The first-order chi connectivity index (χ1) is 16.6. The lowest BCUT2D eigenvalue weighted by Crippen LogP contribution is -2.12. The number of carbonyl (C=O) groups is 2. The van der Waals surface area contributed by atoms with Gasteiger partial charge in [-0.3, -0.25) is 9.59 Å². The molecule has 0 aliphatic rings. The molecule has 0 rings (SSSR count). The Kier molecular flexibility index (Phi) is 25.7. The number of hydrogen-bond donors (Lipinski definition) is 0. The van der Waals surface area contributed by atoms with Gasteiger partial charge in [0.1, 0.15) is 0 Å². The van der Waals surface area contributed by atoms with Crippen molar-refractivity contribution in [1.29, 1.82) is 0 Å². The molecule has 0 aliphatic heterocycles. The summed E-state index contributed by atoms with van der Waals surface area (Å²) in [5.74, 6) is 0.486. The molecule has 0 bridgehead atoms. The van der Waals surface area contributed by atoms with Crippen LogP contribution in [0.3, 0.4) is 0 Å². The van der Waals surface area contributed by atoms with Crippen LogP contribution in [-0.4, -0.2) is 25.2 Å². The molecule has 0 fully saturated rings. The van der Waals surface area contributed by atoms with Crippen molar-refractivity contribution in [2.24, 2.45) is 5.92 Å². The van der Waals surface area contributed by atoms with Gasteiger partial charge < -0.3 is 9.47 Å². The lowest BCUT2D eigenvalue weighted by Gasteiger charge is -2.14. The Morgan fingerprint density at radius 1 is 0.529 bits per heavy atom. The van der Waals surface area contributed by atoms with E-state index in [1.165, 1.54) is 64.2 Å². The standard InChI is InChI=1S/C30H58O4/c1-4-7-21-25-33-29(31)24-20-18-16-14-12-10-9-11-13-15-17-19-23-28(6-3)27-30(32)34-26-22-8-5-2/h28H,4-27H2,1-3H3. The van der Waals surface area contributed by atoms with E-state index in [2.05, 4.69) is 20.8 Å². The van der Waals surface area contributed by atoms with Crippen molar-refractivity contribution in [2.75, 3.05) is 13.2 Å². The second kappa shape index (κ2) is 26.5. The highest BCUT2D eigenvalue weighted by atomic mass is 16.5. The summed E-state index contributed by atoms with van der Waals surface area (Å²) in [5, 5.41) is 0. The largest absolute Gasteiger partial charge is 0.466 e. The summed E-state index contributed by atoms with van der Waals surface area (Å²) in [4.78, 5) is 23.6. The molecule has 0 aromatic rings. The van der Waals surface area contributed by atoms with Crippen LogP contribution in [0, 0.1) is 5.92 Å². The summed E-state index contributed by atoms with van der Waals surface area (Å²) in [7, 11) is 0. The smallest absolute Gasteiger partial charge is 0.306 e. The summed E-state index contributed by atoms with van der Waals surface area (Å²) in [6, 6.07) is 0. The maximum atomic E-state index is 11.9. The van der Waals surface area contributed by atoms with Crippen LogP contribution in [0.5, 0.6) is 0 Å².